The number of nitrogens with one attached hydrogen (secondary N) is 1. The molecule has 0 aromatic heterocycles. The molecule has 0 radical (unpaired) electrons. The van der Waals surface area contributed by atoms with Crippen molar-refractivity contribution in [1.29, 1.82) is 0 Å². The second-order valence-corrected chi connectivity index (χ2v) is 9.87. The van der Waals surface area contributed by atoms with Crippen molar-refractivity contribution in [2.24, 2.45) is 0 Å². The van der Waals surface area contributed by atoms with Crippen LogP contribution in [-0.2, 0) is 32.1 Å². The lowest BCUT2D eigenvalue weighted by Gasteiger charge is -2.17. The molecular formula is C28H31NO5S. The Morgan fingerprint density at radius 1 is 1.00 bits per heavy atom. The molecule has 1 amide bonds. The van der Waals surface area contributed by atoms with Gasteiger partial charge in [0, 0.05) is 17.1 Å². The molecular weight excluding hydrogens is 462 g/mol. The highest BCUT2D eigenvalue weighted by molar-refractivity contribution is 7.99. The number of alkyl carbamates (subject to hydrolysis) is 1. The van der Waals surface area contributed by atoms with Crippen molar-refractivity contribution in [3.63, 3.8) is 0 Å². The molecule has 2 aromatic carbocycles. The van der Waals surface area contributed by atoms with Crippen LogP contribution in [0, 0.1) is 0 Å². The zero-order chi connectivity index (χ0) is 24.6. The number of amides is 1. The first-order valence-electron chi connectivity index (χ1n) is 12.2. The fraction of sp³-hybridized carbons (Fsp3) is 0.393. The third kappa shape index (κ3) is 6.54. The first-order chi connectivity index (χ1) is 17.0. The number of carbonyl (C=O) groups is 3. The summed E-state index contributed by atoms with van der Waals surface area (Å²) in [6, 6.07) is 15.0. The van der Waals surface area contributed by atoms with Gasteiger partial charge in [-0.05, 0) is 79.0 Å². The van der Waals surface area contributed by atoms with Crippen LogP contribution in [0.25, 0.3) is 5.57 Å². The van der Waals surface area contributed by atoms with Gasteiger partial charge < -0.3 is 14.8 Å². The molecule has 7 heteroatoms. The average molecular weight is 494 g/mol. The summed E-state index contributed by atoms with van der Waals surface area (Å²) in [5.41, 5.74) is 5.59. The highest BCUT2D eigenvalue weighted by atomic mass is 32.2. The number of thioether (sulfide) groups is 1. The molecule has 0 heterocycles. The number of fused-ring (bicyclic) bond motifs is 2. The van der Waals surface area contributed by atoms with Crippen molar-refractivity contribution in [2.45, 2.75) is 63.0 Å². The van der Waals surface area contributed by atoms with Crippen LogP contribution in [0.4, 0.5) is 4.79 Å². The van der Waals surface area contributed by atoms with E-state index in [-0.39, 0.29) is 13.2 Å². The van der Waals surface area contributed by atoms with Gasteiger partial charge in [0.1, 0.15) is 12.6 Å². The number of ether oxygens (including phenoxy) is 2. The lowest BCUT2D eigenvalue weighted by atomic mass is 9.98. The number of esters is 1. The van der Waals surface area contributed by atoms with Crippen LogP contribution in [-0.4, -0.2) is 36.2 Å². The predicted molar refractivity (Wildman–Crippen MR) is 136 cm³/mol. The molecule has 0 fully saturated rings. The molecule has 35 heavy (non-hydrogen) atoms. The second-order valence-electron chi connectivity index (χ2n) is 8.70. The van der Waals surface area contributed by atoms with Gasteiger partial charge in [0.2, 0.25) is 0 Å². The molecule has 0 saturated carbocycles. The third-order valence-corrected chi connectivity index (χ3v) is 7.36. The van der Waals surface area contributed by atoms with Crippen LogP contribution in [0.15, 0.2) is 59.0 Å². The summed E-state index contributed by atoms with van der Waals surface area (Å²) in [7, 11) is 0. The van der Waals surface area contributed by atoms with Gasteiger partial charge in [-0.25, -0.2) is 9.59 Å². The first-order valence-corrected chi connectivity index (χ1v) is 13.2. The van der Waals surface area contributed by atoms with E-state index in [9.17, 15) is 14.4 Å². The Labute approximate surface area is 210 Å². The van der Waals surface area contributed by atoms with Crippen LogP contribution in [0.1, 0.15) is 55.7 Å². The Kier molecular flexibility index (Phi) is 8.64. The minimum Gasteiger partial charge on any atom is -0.464 e. The van der Waals surface area contributed by atoms with E-state index in [2.05, 4.69) is 23.5 Å². The number of ketones is 1. The van der Waals surface area contributed by atoms with E-state index < -0.39 is 18.1 Å². The van der Waals surface area contributed by atoms with Gasteiger partial charge in [-0.15, -0.1) is 11.8 Å². The van der Waals surface area contributed by atoms with Crippen molar-refractivity contribution in [2.75, 3.05) is 12.4 Å². The molecule has 1 atom stereocenters. The maximum Gasteiger partial charge on any atom is 0.408 e. The first kappa shape index (κ1) is 25.0. The van der Waals surface area contributed by atoms with E-state index >= 15 is 0 Å². The standard InChI is InChI=1S/C28H31NO5S/c1-2-33-27(31)25(29-28(32)34-18-19-7-4-3-5-8-19)15-16-35-21-12-13-22-20(17-21)11-14-26(30)24-10-6-9-23(22)24/h3-5,7-8,12-13,17,25H,2,6,9-11,14-16,18H2,1H3,(H,29,32). The number of rotatable bonds is 9. The number of benzene rings is 2. The molecule has 6 nitrogen and oxygen atoms in total. The normalized spacial score (nSPS) is 15.6. The predicted octanol–water partition coefficient (Wildman–Crippen LogP) is 5.48. The maximum absolute atomic E-state index is 12.5. The van der Waals surface area contributed by atoms with Crippen LogP contribution < -0.4 is 5.32 Å². The number of Topliss-reactive ketones (excluding diaryl/α,β-unsaturated/α-hetero) is 1. The Bertz CT molecular complexity index is 1110. The highest BCUT2D eigenvalue weighted by Crippen LogP contribution is 2.40. The molecule has 0 spiro atoms. The van der Waals surface area contributed by atoms with Gasteiger partial charge >= 0.3 is 12.1 Å². The third-order valence-electron chi connectivity index (χ3n) is 6.33. The Balaban J connectivity index is 1.34. The number of hydrogen-bond acceptors (Lipinski definition) is 6. The fourth-order valence-corrected chi connectivity index (χ4v) is 5.58. The van der Waals surface area contributed by atoms with Crippen molar-refractivity contribution < 1.29 is 23.9 Å². The number of aryl methyl sites for hydroxylation is 1. The summed E-state index contributed by atoms with van der Waals surface area (Å²) in [5, 5.41) is 2.65. The quantitative estimate of drug-likeness (QED) is 0.368. The van der Waals surface area contributed by atoms with Crippen molar-refractivity contribution in [1.82, 2.24) is 5.32 Å². The highest BCUT2D eigenvalue weighted by Gasteiger charge is 2.27. The molecule has 0 saturated heterocycles. The molecule has 2 aliphatic carbocycles. The molecule has 0 bridgehead atoms. The monoisotopic (exact) mass is 493 g/mol. The summed E-state index contributed by atoms with van der Waals surface area (Å²) in [4.78, 5) is 38.3. The molecule has 2 aromatic rings. The lowest BCUT2D eigenvalue weighted by Crippen LogP contribution is -2.42. The zero-order valence-electron chi connectivity index (χ0n) is 20.0. The SMILES string of the molecule is CCOC(=O)C(CCSc1ccc2c(c1)CCC(=O)C1=C2CCC1)NC(=O)OCc1ccccc1. The topological polar surface area (TPSA) is 81.7 Å². The molecule has 0 aliphatic heterocycles. The summed E-state index contributed by atoms with van der Waals surface area (Å²) >= 11 is 1.63. The lowest BCUT2D eigenvalue weighted by molar-refractivity contribution is -0.145. The van der Waals surface area contributed by atoms with Gasteiger partial charge in [0.25, 0.3) is 0 Å². The van der Waals surface area contributed by atoms with Crippen molar-refractivity contribution in [3.05, 3.63) is 70.8 Å². The summed E-state index contributed by atoms with van der Waals surface area (Å²) in [5.74, 6) is 0.449. The average Bonchev–Trinajstić information content (AvgIpc) is 3.31. The van der Waals surface area contributed by atoms with Crippen LogP contribution in [0.5, 0.6) is 0 Å². The molecule has 2 aliphatic rings. The van der Waals surface area contributed by atoms with E-state index in [0.29, 0.717) is 24.4 Å². The molecule has 184 valence electrons. The molecule has 1 N–H and O–H groups in total. The van der Waals surface area contributed by atoms with Gasteiger partial charge in [-0.2, -0.15) is 0 Å². The van der Waals surface area contributed by atoms with Gasteiger partial charge in [-0.3, -0.25) is 4.79 Å². The summed E-state index contributed by atoms with van der Waals surface area (Å²) in [6.07, 6.45) is 4.04. The second kappa shape index (κ2) is 12.1. The smallest absolute Gasteiger partial charge is 0.408 e. The van der Waals surface area contributed by atoms with E-state index in [4.69, 9.17) is 9.47 Å². The van der Waals surface area contributed by atoms with Crippen LogP contribution in [0.3, 0.4) is 0 Å². The minimum absolute atomic E-state index is 0.132. The van der Waals surface area contributed by atoms with E-state index in [1.54, 1.807) is 18.7 Å². The van der Waals surface area contributed by atoms with Gasteiger partial charge in [-0.1, -0.05) is 36.4 Å². The largest absolute Gasteiger partial charge is 0.464 e. The van der Waals surface area contributed by atoms with E-state index in [1.807, 2.05) is 30.3 Å². The fourth-order valence-electron chi connectivity index (χ4n) is 4.60. The maximum atomic E-state index is 12.5. The van der Waals surface area contributed by atoms with Gasteiger partial charge in [0.15, 0.2) is 5.78 Å². The number of allylic oxidation sites excluding steroid dienone is 2. The van der Waals surface area contributed by atoms with E-state index in [0.717, 1.165) is 41.7 Å². The van der Waals surface area contributed by atoms with Crippen molar-refractivity contribution in [3.8, 4) is 0 Å². The number of hydrogen-bond donors (Lipinski definition) is 1. The number of carbonyl (C=O) groups excluding carboxylic acids is 3. The summed E-state index contributed by atoms with van der Waals surface area (Å²) < 4.78 is 10.4. The van der Waals surface area contributed by atoms with Gasteiger partial charge in [0.05, 0.1) is 6.61 Å². The van der Waals surface area contributed by atoms with Crippen molar-refractivity contribution >= 4 is 35.2 Å². The zero-order valence-corrected chi connectivity index (χ0v) is 20.8. The van der Waals surface area contributed by atoms with Crippen LogP contribution >= 0.6 is 11.8 Å². The van der Waals surface area contributed by atoms with E-state index in [1.165, 1.54) is 16.7 Å². The Morgan fingerprint density at radius 2 is 1.80 bits per heavy atom. The molecule has 1 unspecified atom stereocenters. The minimum atomic E-state index is -0.782. The molecule has 4 rings (SSSR count). The van der Waals surface area contributed by atoms with Crippen LogP contribution in [0.2, 0.25) is 0 Å². The Morgan fingerprint density at radius 3 is 2.60 bits per heavy atom. The Hall–Kier alpha value is -3.06. The summed E-state index contributed by atoms with van der Waals surface area (Å²) in [6.45, 7) is 2.11.